The molecule has 318 valence electrons. The van der Waals surface area contributed by atoms with Crippen LogP contribution >= 0.6 is 0 Å². The number of hydrogen-bond acceptors (Lipinski definition) is 1. The highest BCUT2D eigenvalue weighted by Gasteiger charge is 2.61. The summed E-state index contributed by atoms with van der Waals surface area (Å²) >= 11 is 0. The van der Waals surface area contributed by atoms with Crippen molar-refractivity contribution in [2.24, 2.45) is 23.7 Å². The quantitative estimate of drug-likeness (QED) is 0.167. The first-order valence-corrected chi connectivity index (χ1v) is 24.5. The van der Waals surface area contributed by atoms with Crippen LogP contribution in [0.3, 0.4) is 0 Å². The molecule has 7 aromatic carbocycles. The van der Waals surface area contributed by atoms with Gasteiger partial charge in [0.25, 0.3) is 0 Å². The fraction of sp³-hybridized carbons (Fsp3) is 0.333. The van der Waals surface area contributed by atoms with Crippen LogP contribution in [0.2, 0.25) is 0 Å². The van der Waals surface area contributed by atoms with Crippen LogP contribution in [-0.4, -0.2) is 0 Å². The molecule has 7 aliphatic carbocycles. The van der Waals surface area contributed by atoms with Crippen molar-refractivity contribution < 1.29 is 0 Å². The van der Waals surface area contributed by atoms with E-state index in [0.29, 0.717) is 0 Å². The lowest BCUT2D eigenvalue weighted by Crippen LogP contribution is -2.55. The van der Waals surface area contributed by atoms with E-state index in [-0.39, 0.29) is 21.7 Å². The fourth-order valence-electron chi connectivity index (χ4n) is 15.0. The van der Waals surface area contributed by atoms with Crippen molar-refractivity contribution in [1.29, 1.82) is 0 Å². The standard InChI is InChI=1S/C63H61N/c1-60(2)28-29-61(3,4)59-37-44(21-27-56(59)60)42-12-11-13-48(35-42)64(49-24-26-52-50-14-7-9-16-54(50)62(5,6)57(52)38-49)47-22-18-41(19-23-47)43-20-25-53-51-15-8-10-17-55(51)63(58(53)36-43)45-31-39-30-40(33-45)34-46(63)32-39/h7-27,35-40,45-46H,28-34H2,1-6H3. The average molecular weight is 832 g/mol. The van der Waals surface area contributed by atoms with Crippen molar-refractivity contribution in [2.75, 3.05) is 4.90 Å². The van der Waals surface area contributed by atoms with Crippen LogP contribution in [0, 0.1) is 23.7 Å². The van der Waals surface area contributed by atoms with Crippen molar-refractivity contribution in [1.82, 2.24) is 0 Å². The van der Waals surface area contributed by atoms with Crippen molar-refractivity contribution in [3.8, 4) is 44.5 Å². The molecule has 0 aliphatic heterocycles. The highest BCUT2D eigenvalue weighted by atomic mass is 15.1. The van der Waals surface area contributed by atoms with Crippen LogP contribution < -0.4 is 4.90 Å². The number of hydrogen-bond donors (Lipinski definition) is 0. The summed E-state index contributed by atoms with van der Waals surface area (Å²) in [7, 11) is 0. The van der Waals surface area contributed by atoms with Gasteiger partial charge in [-0.25, -0.2) is 0 Å². The van der Waals surface area contributed by atoms with E-state index in [2.05, 4.69) is 198 Å². The molecule has 1 nitrogen and oxygen atoms in total. The number of rotatable bonds is 5. The molecule has 7 aliphatic rings. The fourth-order valence-corrected chi connectivity index (χ4v) is 15.0. The summed E-state index contributed by atoms with van der Waals surface area (Å²) in [5.74, 6) is 3.40. The van der Waals surface area contributed by atoms with Gasteiger partial charge in [0, 0.05) is 27.9 Å². The Kier molecular flexibility index (Phi) is 8.15. The summed E-state index contributed by atoms with van der Waals surface area (Å²) in [5.41, 5.74) is 23.9. The van der Waals surface area contributed by atoms with Gasteiger partial charge in [0.2, 0.25) is 0 Å². The molecule has 0 unspecified atom stereocenters. The number of anilines is 3. The first-order chi connectivity index (χ1) is 30.9. The van der Waals surface area contributed by atoms with Crippen molar-refractivity contribution >= 4 is 17.1 Å². The molecule has 1 heteroatoms. The van der Waals surface area contributed by atoms with E-state index in [0.717, 1.165) is 23.7 Å². The van der Waals surface area contributed by atoms with Crippen molar-refractivity contribution in [3.63, 3.8) is 0 Å². The lowest BCUT2D eigenvalue weighted by Gasteiger charge is -2.61. The van der Waals surface area contributed by atoms with Gasteiger partial charge in [0.05, 0.1) is 0 Å². The van der Waals surface area contributed by atoms with Crippen LogP contribution in [0.5, 0.6) is 0 Å². The Hall–Kier alpha value is -5.66. The zero-order valence-electron chi connectivity index (χ0n) is 38.6. The van der Waals surface area contributed by atoms with Gasteiger partial charge >= 0.3 is 0 Å². The predicted molar refractivity (Wildman–Crippen MR) is 268 cm³/mol. The maximum atomic E-state index is 2.63. The molecular formula is C63H61N. The smallest absolute Gasteiger partial charge is 0.0467 e. The third-order valence-electron chi connectivity index (χ3n) is 18.1. The van der Waals surface area contributed by atoms with E-state index < -0.39 is 0 Å². The van der Waals surface area contributed by atoms with Crippen LogP contribution in [-0.2, 0) is 21.7 Å². The molecule has 0 radical (unpaired) electrons. The van der Waals surface area contributed by atoms with E-state index in [4.69, 9.17) is 0 Å². The summed E-state index contributed by atoms with van der Waals surface area (Å²) in [6.45, 7) is 14.5. The van der Waals surface area contributed by atoms with E-state index in [1.807, 2.05) is 0 Å². The van der Waals surface area contributed by atoms with Crippen molar-refractivity contribution in [3.05, 3.63) is 185 Å². The molecule has 0 heterocycles. The van der Waals surface area contributed by atoms with Gasteiger partial charge in [-0.15, -0.1) is 0 Å². The second-order valence-electron chi connectivity index (χ2n) is 22.8. The lowest BCUT2D eigenvalue weighted by atomic mass is 9.43. The van der Waals surface area contributed by atoms with Gasteiger partial charge in [-0.05, 0) is 200 Å². The summed E-state index contributed by atoms with van der Waals surface area (Å²) in [6, 6.07) is 59.3. The molecule has 0 N–H and O–H groups in total. The second-order valence-corrected chi connectivity index (χ2v) is 22.8. The molecular weight excluding hydrogens is 771 g/mol. The number of nitrogens with zero attached hydrogens (tertiary/aromatic N) is 1. The monoisotopic (exact) mass is 831 g/mol. The Bertz CT molecular complexity index is 3020. The highest BCUT2D eigenvalue weighted by Crippen LogP contribution is 2.69. The summed E-state index contributed by atoms with van der Waals surface area (Å²) < 4.78 is 0. The van der Waals surface area contributed by atoms with Gasteiger partial charge in [-0.3, -0.25) is 0 Å². The zero-order valence-corrected chi connectivity index (χ0v) is 38.6. The topological polar surface area (TPSA) is 3.24 Å². The van der Waals surface area contributed by atoms with Gasteiger partial charge in [-0.2, -0.15) is 0 Å². The van der Waals surface area contributed by atoms with Crippen LogP contribution in [0.25, 0.3) is 44.5 Å². The van der Waals surface area contributed by atoms with Crippen LogP contribution in [0.1, 0.15) is 120 Å². The Morgan fingerprint density at radius 1 is 0.359 bits per heavy atom. The predicted octanol–water partition coefficient (Wildman–Crippen LogP) is 16.9. The largest absolute Gasteiger partial charge is 0.310 e. The summed E-state index contributed by atoms with van der Waals surface area (Å²) in [4.78, 5) is 2.50. The second kappa shape index (κ2) is 13.4. The molecule has 7 aromatic rings. The molecule has 1 spiro atoms. The van der Waals surface area contributed by atoms with Gasteiger partial charge in [0.1, 0.15) is 0 Å². The molecule has 0 aromatic heterocycles. The molecule has 4 saturated carbocycles. The average Bonchev–Trinajstić information content (AvgIpc) is 3.72. The molecule has 14 rings (SSSR count). The Balaban J connectivity index is 0.919. The Labute approximate surface area is 381 Å². The third kappa shape index (κ3) is 5.42. The summed E-state index contributed by atoms with van der Waals surface area (Å²) in [6.07, 6.45) is 9.54. The normalized spacial score (nSPS) is 25.3. The minimum Gasteiger partial charge on any atom is -0.310 e. The van der Waals surface area contributed by atoms with Gasteiger partial charge < -0.3 is 4.90 Å². The Morgan fingerprint density at radius 2 is 0.875 bits per heavy atom. The van der Waals surface area contributed by atoms with E-state index in [1.54, 1.807) is 11.1 Å². The number of benzene rings is 7. The molecule has 0 atom stereocenters. The highest BCUT2D eigenvalue weighted by molar-refractivity contribution is 5.88. The third-order valence-corrected chi connectivity index (χ3v) is 18.1. The van der Waals surface area contributed by atoms with Crippen molar-refractivity contribution in [2.45, 2.75) is 108 Å². The SMILES string of the molecule is CC1(C)CCC(C)(C)c2cc(-c3cccc(N(c4ccc(-c5ccc6c(c5)C5(c7ccccc7-6)C6CC7CC(C6)CC5C7)cc4)c4ccc5c(c4)C(C)(C)c4ccccc4-5)c3)ccc21. The molecule has 4 bridgehead atoms. The maximum Gasteiger partial charge on any atom is 0.0467 e. The van der Waals surface area contributed by atoms with Gasteiger partial charge in [0.15, 0.2) is 0 Å². The van der Waals surface area contributed by atoms with Crippen LogP contribution in [0.4, 0.5) is 17.1 Å². The Morgan fingerprint density at radius 3 is 1.61 bits per heavy atom. The molecule has 0 amide bonds. The first kappa shape index (κ1) is 38.8. The zero-order chi connectivity index (χ0) is 43.3. The minimum atomic E-state index is -0.0924. The molecule has 4 fully saturated rings. The minimum absolute atomic E-state index is 0.0924. The van der Waals surface area contributed by atoms with Crippen LogP contribution in [0.15, 0.2) is 152 Å². The summed E-state index contributed by atoms with van der Waals surface area (Å²) in [5, 5.41) is 0. The molecule has 64 heavy (non-hydrogen) atoms. The molecule has 0 saturated heterocycles. The number of fused-ring (bicyclic) bond motifs is 7. The van der Waals surface area contributed by atoms with Gasteiger partial charge in [-0.1, -0.05) is 151 Å². The van der Waals surface area contributed by atoms with E-state index in [1.165, 1.54) is 129 Å². The first-order valence-electron chi connectivity index (χ1n) is 24.5. The maximum absolute atomic E-state index is 2.63. The van der Waals surface area contributed by atoms with E-state index >= 15 is 0 Å². The lowest BCUT2D eigenvalue weighted by molar-refractivity contribution is -0.0399. The van der Waals surface area contributed by atoms with E-state index in [9.17, 15) is 0 Å².